The third-order valence-corrected chi connectivity index (χ3v) is 5.53. The molecular formula is C18H19Br. The van der Waals surface area contributed by atoms with Crippen molar-refractivity contribution < 1.29 is 0 Å². The molecule has 19 heavy (non-hydrogen) atoms. The molecule has 1 aliphatic rings. The number of aryl methyl sites for hydroxylation is 2. The molecule has 0 heterocycles. The Morgan fingerprint density at radius 3 is 2.42 bits per heavy atom. The fourth-order valence-corrected chi connectivity index (χ4v) is 3.57. The van der Waals surface area contributed by atoms with Crippen LogP contribution in [0.15, 0.2) is 48.5 Å². The third kappa shape index (κ3) is 2.62. The van der Waals surface area contributed by atoms with Crippen LogP contribution in [0.4, 0.5) is 0 Å². The van der Waals surface area contributed by atoms with Gasteiger partial charge in [-0.25, -0.2) is 0 Å². The molecule has 0 N–H and O–H groups in total. The summed E-state index contributed by atoms with van der Waals surface area (Å²) in [6.45, 7) is 2.29. The van der Waals surface area contributed by atoms with Gasteiger partial charge >= 0.3 is 0 Å². The van der Waals surface area contributed by atoms with Crippen LogP contribution in [-0.2, 0) is 12.8 Å². The van der Waals surface area contributed by atoms with Gasteiger partial charge in [-0.1, -0.05) is 71.4 Å². The van der Waals surface area contributed by atoms with Crippen molar-refractivity contribution >= 4 is 15.9 Å². The highest BCUT2D eigenvalue weighted by atomic mass is 79.9. The van der Waals surface area contributed by atoms with Gasteiger partial charge in [0.2, 0.25) is 0 Å². The zero-order valence-corrected chi connectivity index (χ0v) is 12.9. The summed E-state index contributed by atoms with van der Waals surface area (Å²) in [6, 6.07) is 17.8. The number of rotatable bonds is 3. The molecule has 0 radical (unpaired) electrons. The van der Waals surface area contributed by atoms with Gasteiger partial charge in [-0.15, -0.1) is 0 Å². The number of halogens is 1. The van der Waals surface area contributed by atoms with Crippen LogP contribution in [0.1, 0.15) is 46.3 Å². The second kappa shape index (κ2) is 5.50. The number of hydrogen-bond donors (Lipinski definition) is 0. The smallest absolute Gasteiger partial charge is 0.0461 e. The Hall–Kier alpha value is -1.08. The van der Waals surface area contributed by atoms with Crippen molar-refractivity contribution in [2.75, 3.05) is 0 Å². The summed E-state index contributed by atoms with van der Waals surface area (Å²) in [7, 11) is 0. The molecule has 2 aromatic rings. The van der Waals surface area contributed by atoms with Crippen molar-refractivity contribution in [2.24, 2.45) is 0 Å². The molecule has 0 aliphatic heterocycles. The largest absolute Gasteiger partial charge is 0.0832 e. The summed E-state index contributed by atoms with van der Waals surface area (Å²) in [6.07, 6.45) is 3.83. The topological polar surface area (TPSA) is 0 Å². The van der Waals surface area contributed by atoms with Crippen LogP contribution < -0.4 is 0 Å². The van der Waals surface area contributed by atoms with Crippen LogP contribution in [0.3, 0.4) is 0 Å². The van der Waals surface area contributed by atoms with Crippen LogP contribution in [0.2, 0.25) is 0 Å². The van der Waals surface area contributed by atoms with E-state index in [1.807, 2.05) is 0 Å². The minimum absolute atomic E-state index is 0.390. The van der Waals surface area contributed by atoms with Crippen LogP contribution >= 0.6 is 15.9 Å². The fraction of sp³-hybridized carbons (Fsp3) is 0.333. The molecular weight excluding hydrogens is 296 g/mol. The molecule has 0 spiro atoms. The molecule has 0 amide bonds. The molecule has 2 atom stereocenters. The van der Waals surface area contributed by atoms with Gasteiger partial charge in [0.15, 0.2) is 0 Å². The highest BCUT2D eigenvalue weighted by Gasteiger charge is 2.20. The molecule has 0 aromatic heterocycles. The molecule has 98 valence electrons. The van der Waals surface area contributed by atoms with Gasteiger partial charge < -0.3 is 0 Å². The van der Waals surface area contributed by atoms with E-state index in [1.165, 1.54) is 30.4 Å². The van der Waals surface area contributed by atoms with Gasteiger partial charge in [-0.3, -0.25) is 0 Å². The molecule has 0 nitrogen and oxygen atoms in total. The molecule has 3 rings (SSSR count). The first-order chi connectivity index (χ1) is 9.25. The Labute approximate surface area is 124 Å². The van der Waals surface area contributed by atoms with Gasteiger partial charge in [0.05, 0.1) is 0 Å². The van der Waals surface area contributed by atoms with Crippen LogP contribution in [0, 0.1) is 0 Å². The van der Waals surface area contributed by atoms with E-state index in [0.717, 1.165) is 0 Å². The molecule has 2 unspecified atom stereocenters. The monoisotopic (exact) mass is 314 g/mol. The minimum Gasteiger partial charge on any atom is -0.0832 e. The summed E-state index contributed by atoms with van der Waals surface area (Å²) in [5.41, 5.74) is 5.92. The van der Waals surface area contributed by atoms with Crippen molar-refractivity contribution in [1.29, 1.82) is 0 Å². The maximum atomic E-state index is 3.90. The zero-order valence-electron chi connectivity index (χ0n) is 11.3. The fourth-order valence-electron chi connectivity index (χ4n) is 2.98. The highest BCUT2D eigenvalue weighted by Crippen LogP contribution is 2.39. The van der Waals surface area contributed by atoms with E-state index in [1.54, 1.807) is 11.1 Å². The van der Waals surface area contributed by atoms with E-state index in [4.69, 9.17) is 0 Å². The Kier molecular flexibility index (Phi) is 3.74. The van der Waals surface area contributed by atoms with E-state index in [9.17, 15) is 0 Å². The molecule has 1 aliphatic carbocycles. The molecule has 0 bridgehead atoms. The second-order valence-electron chi connectivity index (χ2n) is 5.48. The predicted octanol–water partition coefficient (Wildman–Crippen LogP) is 5.42. The van der Waals surface area contributed by atoms with Crippen molar-refractivity contribution in [3.05, 3.63) is 70.8 Å². The average Bonchev–Trinajstić information content (AvgIpc) is 2.94. The van der Waals surface area contributed by atoms with Crippen LogP contribution in [0.5, 0.6) is 0 Å². The van der Waals surface area contributed by atoms with Gasteiger partial charge in [0.25, 0.3) is 0 Å². The molecule has 1 heteroatoms. The first-order valence-electron chi connectivity index (χ1n) is 7.06. The first-order valence-corrected chi connectivity index (χ1v) is 7.98. The lowest BCUT2D eigenvalue weighted by atomic mass is 9.92. The minimum atomic E-state index is 0.390. The van der Waals surface area contributed by atoms with Gasteiger partial charge in [-0.05, 0) is 47.4 Å². The second-order valence-corrected chi connectivity index (χ2v) is 6.47. The lowest BCUT2D eigenvalue weighted by Crippen LogP contribution is -2.02. The van der Waals surface area contributed by atoms with Gasteiger partial charge in [0, 0.05) is 4.83 Å². The van der Waals surface area contributed by atoms with Crippen molar-refractivity contribution in [1.82, 2.24) is 0 Å². The Morgan fingerprint density at radius 1 is 0.895 bits per heavy atom. The lowest BCUT2D eigenvalue weighted by Gasteiger charge is -2.20. The van der Waals surface area contributed by atoms with Crippen molar-refractivity contribution in [3.8, 4) is 0 Å². The summed E-state index contributed by atoms with van der Waals surface area (Å²) < 4.78 is 0. The van der Waals surface area contributed by atoms with Crippen molar-refractivity contribution in [3.63, 3.8) is 0 Å². The summed E-state index contributed by atoms with van der Waals surface area (Å²) in [5, 5.41) is 0. The van der Waals surface area contributed by atoms with Gasteiger partial charge in [0.1, 0.15) is 0 Å². The number of benzene rings is 2. The van der Waals surface area contributed by atoms with E-state index >= 15 is 0 Å². The zero-order chi connectivity index (χ0) is 13.2. The van der Waals surface area contributed by atoms with Crippen LogP contribution in [0.25, 0.3) is 0 Å². The maximum Gasteiger partial charge on any atom is 0.0461 e. The lowest BCUT2D eigenvalue weighted by molar-refractivity contribution is 0.751. The molecule has 0 saturated heterocycles. The SMILES string of the molecule is CC(c1ccccc1)C(Br)c1ccc2c(c1)CCC2. The normalized spacial score (nSPS) is 16.9. The van der Waals surface area contributed by atoms with Crippen molar-refractivity contribution in [2.45, 2.75) is 36.9 Å². The van der Waals surface area contributed by atoms with E-state index in [0.29, 0.717) is 10.7 Å². The van der Waals surface area contributed by atoms with Gasteiger partial charge in [-0.2, -0.15) is 0 Å². The number of alkyl halides is 1. The molecule has 0 saturated carbocycles. The Balaban J connectivity index is 1.86. The number of fused-ring (bicyclic) bond motifs is 1. The van der Waals surface area contributed by atoms with E-state index < -0.39 is 0 Å². The maximum absolute atomic E-state index is 3.90. The molecule has 2 aromatic carbocycles. The summed E-state index contributed by atoms with van der Waals surface area (Å²) in [4.78, 5) is 0.390. The standard InChI is InChI=1S/C18H19Br/c1-13(14-6-3-2-4-7-14)18(19)17-11-10-15-8-5-9-16(15)12-17/h2-4,6-7,10-13,18H,5,8-9H2,1H3. The number of hydrogen-bond acceptors (Lipinski definition) is 0. The quantitative estimate of drug-likeness (QED) is 0.664. The Morgan fingerprint density at radius 2 is 1.63 bits per heavy atom. The van der Waals surface area contributed by atoms with E-state index in [-0.39, 0.29) is 0 Å². The average molecular weight is 315 g/mol. The Bertz CT molecular complexity index is 559. The summed E-state index contributed by atoms with van der Waals surface area (Å²) >= 11 is 3.90. The van der Waals surface area contributed by atoms with E-state index in [2.05, 4.69) is 71.4 Å². The molecule has 0 fully saturated rings. The first kappa shape index (κ1) is 12.9. The summed E-state index contributed by atoms with van der Waals surface area (Å²) in [5.74, 6) is 0.487. The van der Waals surface area contributed by atoms with Crippen LogP contribution in [-0.4, -0.2) is 0 Å². The highest BCUT2D eigenvalue weighted by molar-refractivity contribution is 9.09. The predicted molar refractivity (Wildman–Crippen MR) is 85.0 cm³/mol. The third-order valence-electron chi connectivity index (χ3n) is 4.21.